The lowest BCUT2D eigenvalue weighted by atomic mass is 10.3. The Morgan fingerprint density at radius 2 is 2.04 bits per heavy atom. The zero-order valence-corrected chi connectivity index (χ0v) is 15.8. The van der Waals surface area contributed by atoms with Crippen LogP contribution in [0.1, 0.15) is 11.4 Å². The lowest BCUT2D eigenvalue weighted by Gasteiger charge is -2.12. The second kappa shape index (κ2) is 7.83. The zero-order chi connectivity index (χ0) is 19.5. The van der Waals surface area contributed by atoms with Crippen LogP contribution in [0.3, 0.4) is 0 Å². The molecule has 10 heteroatoms. The fraction of sp³-hybridized carbons (Fsp3) is 0.375. The van der Waals surface area contributed by atoms with Gasteiger partial charge in [0.25, 0.3) is 5.91 Å². The lowest BCUT2D eigenvalue weighted by Crippen LogP contribution is -2.27. The van der Waals surface area contributed by atoms with E-state index in [1.54, 1.807) is 38.8 Å². The topological polar surface area (TPSA) is 93.5 Å². The molecule has 0 unspecified atom stereocenters. The van der Waals surface area contributed by atoms with E-state index in [4.69, 9.17) is 4.74 Å². The standard InChI is InChI=1S/C16H21FN4O4S/c1-11-7-12(21(4)19-11)9-18-26(23,24)13-5-6-15(14(17)8-13)25-10-16(22)20(2)3/h5-8,18H,9-10H2,1-4H3. The number of hydrogen-bond acceptors (Lipinski definition) is 5. The van der Waals surface area contributed by atoms with Crippen LogP contribution in [-0.2, 0) is 28.4 Å². The van der Waals surface area contributed by atoms with Crippen molar-refractivity contribution in [2.45, 2.75) is 18.4 Å². The molecule has 0 aliphatic carbocycles. The van der Waals surface area contributed by atoms with Gasteiger partial charge in [-0.3, -0.25) is 9.48 Å². The summed E-state index contributed by atoms with van der Waals surface area (Å²) in [6.45, 7) is 1.48. The third kappa shape index (κ3) is 4.79. The van der Waals surface area contributed by atoms with Gasteiger partial charge >= 0.3 is 0 Å². The number of aryl methyl sites for hydroxylation is 2. The van der Waals surface area contributed by atoms with Crippen LogP contribution >= 0.6 is 0 Å². The fourth-order valence-corrected chi connectivity index (χ4v) is 3.13. The van der Waals surface area contributed by atoms with Gasteiger partial charge in [0.2, 0.25) is 10.0 Å². The Balaban J connectivity index is 2.08. The van der Waals surface area contributed by atoms with Crippen molar-refractivity contribution in [3.63, 3.8) is 0 Å². The van der Waals surface area contributed by atoms with Crippen LogP contribution in [0.25, 0.3) is 0 Å². The summed E-state index contributed by atoms with van der Waals surface area (Å²) in [5.41, 5.74) is 1.44. The zero-order valence-electron chi connectivity index (χ0n) is 15.0. The summed E-state index contributed by atoms with van der Waals surface area (Å²) < 4.78 is 47.8. The normalized spacial score (nSPS) is 11.4. The van der Waals surface area contributed by atoms with E-state index in [1.807, 2.05) is 0 Å². The average molecular weight is 384 g/mol. The molecule has 0 bridgehead atoms. The van der Waals surface area contributed by atoms with E-state index < -0.39 is 15.8 Å². The maximum absolute atomic E-state index is 14.1. The molecule has 1 aromatic carbocycles. The summed E-state index contributed by atoms with van der Waals surface area (Å²) in [6.07, 6.45) is 0. The second-order valence-electron chi connectivity index (χ2n) is 5.89. The number of nitrogens with one attached hydrogen (secondary N) is 1. The molecule has 1 heterocycles. The maximum Gasteiger partial charge on any atom is 0.259 e. The first-order valence-electron chi connectivity index (χ1n) is 7.72. The van der Waals surface area contributed by atoms with Crippen LogP contribution in [0, 0.1) is 12.7 Å². The van der Waals surface area contributed by atoms with Crippen LogP contribution in [0.5, 0.6) is 5.75 Å². The summed E-state index contributed by atoms with van der Waals surface area (Å²) in [7, 11) is 0.892. The van der Waals surface area contributed by atoms with Crippen molar-refractivity contribution in [1.29, 1.82) is 0 Å². The molecule has 0 aliphatic rings. The molecule has 1 amide bonds. The molecule has 8 nitrogen and oxygen atoms in total. The molecule has 0 spiro atoms. The Morgan fingerprint density at radius 3 is 2.58 bits per heavy atom. The number of aromatic nitrogens is 2. The van der Waals surface area contributed by atoms with Crippen LogP contribution in [-0.4, -0.2) is 49.7 Å². The van der Waals surface area contributed by atoms with Gasteiger partial charge in [0.15, 0.2) is 18.2 Å². The second-order valence-corrected chi connectivity index (χ2v) is 7.66. The van der Waals surface area contributed by atoms with E-state index in [-0.39, 0.29) is 29.7 Å². The van der Waals surface area contributed by atoms with Crippen molar-refractivity contribution in [3.05, 3.63) is 41.5 Å². The molecule has 1 N–H and O–H groups in total. The fourth-order valence-electron chi connectivity index (χ4n) is 2.12. The molecule has 0 fully saturated rings. The van der Waals surface area contributed by atoms with Gasteiger partial charge in [-0.15, -0.1) is 0 Å². The molecule has 26 heavy (non-hydrogen) atoms. The molecule has 1 aromatic heterocycles. The Kier molecular flexibility index (Phi) is 5.98. The van der Waals surface area contributed by atoms with Crippen LogP contribution in [0.4, 0.5) is 4.39 Å². The van der Waals surface area contributed by atoms with Crippen LogP contribution in [0.2, 0.25) is 0 Å². The number of halogens is 1. The smallest absolute Gasteiger partial charge is 0.259 e. The number of hydrogen-bond donors (Lipinski definition) is 1. The number of rotatable bonds is 7. The van der Waals surface area contributed by atoms with E-state index in [9.17, 15) is 17.6 Å². The van der Waals surface area contributed by atoms with Crippen LogP contribution in [0.15, 0.2) is 29.2 Å². The highest BCUT2D eigenvalue weighted by Gasteiger charge is 2.18. The number of sulfonamides is 1. The SMILES string of the molecule is Cc1cc(CNS(=O)(=O)c2ccc(OCC(=O)N(C)C)c(F)c2)n(C)n1. The summed E-state index contributed by atoms with van der Waals surface area (Å²) in [4.78, 5) is 12.5. The summed E-state index contributed by atoms with van der Waals surface area (Å²) in [5, 5.41) is 4.13. The molecule has 142 valence electrons. The predicted molar refractivity (Wildman–Crippen MR) is 92.6 cm³/mol. The molecular formula is C16H21FN4O4S. The molecule has 0 radical (unpaired) electrons. The minimum atomic E-state index is -3.91. The molecule has 0 saturated carbocycles. The number of amides is 1. The van der Waals surface area contributed by atoms with Crippen molar-refractivity contribution in [2.24, 2.45) is 7.05 Å². The van der Waals surface area contributed by atoms with E-state index in [0.29, 0.717) is 5.69 Å². The number of benzene rings is 1. The van der Waals surface area contributed by atoms with E-state index >= 15 is 0 Å². The number of ether oxygens (including phenoxy) is 1. The summed E-state index contributed by atoms with van der Waals surface area (Å²) in [5.74, 6) is -1.40. The molecule has 0 atom stereocenters. The van der Waals surface area contributed by atoms with Crippen molar-refractivity contribution >= 4 is 15.9 Å². The van der Waals surface area contributed by atoms with Gasteiger partial charge in [0, 0.05) is 21.1 Å². The number of carbonyl (C=O) groups is 1. The van der Waals surface area contributed by atoms with Crippen molar-refractivity contribution in [3.8, 4) is 5.75 Å². The van der Waals surface area contributed by atoms with Gasteiger partial charge in [0.1, 0.15) is 0 Å². The van der Waals surface area contributed by atoms with E-state index in [0.717, 1.165) is 11.8 Å². The Bertz CT molecular complexity index is 909. The van der Waals surface area contributed by atoms with Crippen LogP contribution < -0.4 is 9.46 Å². The molecule has 0 aliphatic heterocycles. The van der Waals surface area contributed by atoms with Crippen molar-refractivity contribution in [2.75, 3.05) is 20.7 Å². The Hall–Kier alpha value is -2.46. The number of likely N-dealkylation sites (N-methyl/N-ethyl adjacent to an activating group) is 1. The lowest BCUT2D eigenvalue weighted by molar-refractivity contribution is -0.130. The van der Waals surface area contributed by atoms with Gasteiger partial charge in [-0.25, -0.2) is 17.5 Å². The summed E-state index contributed by atoms with van der Waals surface area (Å²) in [6, 6.07) is 5.00. The molecule has 2 rings (SSSR count). The van der Waals surface area contributed by atoms with E-state index in [2.05, 4.69) is 9.82 Å². The first kappa shape index (κ1) is 19.9. The predicted octanol–water partition coefficient (Wildman–Crippen LogP) is 0.813. The monoisotopic (exact) mass is 384 g/mol. The highest BCUT2D eigenvalue weighted by atomic mass is 32.2. The Labute approximate surface area is 151 Å². The largest absolute Gasteiger partial charge is 0.481 e. The first-order valence-corrected chi connectivity index (χ1v) is 9.20. The van der Waals surface area contributed by atoms with Crippen molar-refractivity contribution < 1.29 is 22.3 Å². The first-order chi connectivity index (χ1) is 12.1. The number of nitrogens with zero attached hydrogens (tertiary/aromatic N) is 3. The molecule has 0 saturated heterocycles. The third-order valence-electron chi connectivity index (χ3n) is 3.61. The van der Waals surface area contributed by atoms with Crippen molar-refractivity contribution in [1.82, 2.24) is 19.4 Å². The van der Waals surface area contributed by atoms with E-state index in [1.165, 1.54) is 17.0 Å². The summed E-state index contributed by atoms with van der Waals surface area (Å²) >= 11 is 0. The molecule has 2 aromatic rings. The minimum absolute atomic E-state index is 0.0247. The highest BCUT2D eigenvalue weighted by Crippen LogP contribution is 2.21. The molecular weight excluding hydrogens is 363 g/mol. The third-order valence-corrected chi connectivity index (χ3v) is 5.00. The van der Waals surface area contributed by atoms with Gasteiger partial charge in [-0.05, 0) is 31.2 Å². The van der Waals surface area contributed by atoms with Gasteiger partial charge in [-0.1, -0.05) is 0 Å². The number of carbonyl (C=O) groups excluding carboxylic acids is 1. The van der Waals surface area contributed by atoms with Gasteiger partial charge in [0.05, 0.1) is 22.8 Å². The van der Waals surface area contributed by atoms with Gasteiger partial charge < -0.3 is 9.64 Å². The quantitative estimate of drug-likeness (QED) is 0.763. The highest BCUT2D eigenvalue weighted by molar-refractivity contribution is 7.89. The van der Waals surface area contributed by atoms with Gasteiger partial charge in [-0.2, -0.15) is 5.10 Å². The average Bonchev–Trinajstić information content (AvgIpc) is 2.89. The Morgan fingerprint density at radius 1 is 1.35 bits per heavy atom. The maximum atomic E-state index is 14.1. The minimum Gasteiger partial charge on any atom is -0.481 e.